The van der Waals surface area contributed by atoms with E-state index in [1.807, 2.05) is 13.8 Å². The Kier molecular flexibility index (Phi) is 12.5. The van der Waals surface area contributed by atoms with Crippen LogP contribution in [0.25, 0.3) is 0 Å². The van der Waals surface area contributed by atoms with Gasteiger partial charge in [-0.05, 0) is 53.2 Å². The zero-order chi connectivity index (χ0) is 28.3. The lowest BCUT2D eigenvalue weighted by Crippen LogP contribution is -2.44. The molecule has 0 radical (unpaired) electrons. The number of carbonyl (C=O) groups is 2. The van der Waals surface area contributed by atoms with Crippen LogP contribution in [0.2, 0.25) is 10.0 Å². The van der Waals surface area contributed by atoms with Crippen LogP contribution in [-0.2, 0) is 25.6 Å². The van der Waals surface area contributed by atoms with E-state index < -0.39 is 17.6 Å². The van der Waals surface area contributed by atoms with E-state index in [-0.39, 0.29) is 48.2 Å². The van der Waals surface area contributed by atoms with Gasteiger partial charge in [-0.15, -0.1) is 0 Å². The van der Waals surface area contributed by atoms with Gasteiger partial charge in [-0.3, -0.25) is 14.8 Å². The number of aromatic nitrogens is 2. The first-order chi connectivity index (χ1) is 17.9. The quantitative estimate of drug-likeness (QED) is 0.165. The maximum Gasteiger partial charge on any atom is 0.334 e. The molecule has 0 fully saturated rings. The van der Waals surface area contributed by atoms with Gasteiger partial charge < -0.3 is 24.6 Å². The van der Waals surface area contributed by atoms with E-state index in [1.165, 1.54) is 6.08 Å². The van der Waals surface area contributed by atoms with E-state index >= 15 is 0 Å². The third-order valence-electron chi connectivity index (χ3n) is 5.02. The van der Waals surface area contributed by atoms with Crippen molar-refractivity contribution in [1.82, 2.24) is 15.1 Å². The number of hydrogen-bond donors (Lipinski definition) is 3. The highest BCUT2D eigenvalue weighted by Crippen LogP contribution is 2.32. The number of amides is 1. The summed E-state index contributed by atoms with van der Waals surface area (Å²) in [5, 5.41) is 20.7. The molecule has 0 saturated heterocycles. The highest BCUT2D eigenvalue weighted by molar-refractivity contribution is 6.42. The molecule has 2 rings (SSSR count). The number of halogens is 2. The molecule has 1 aromatic carbocycles. The predicted molar refractivity (Wildman–Crippen MR) is 146 cm³/mol. The first-order valence-electron chi connectivity index (χ1n) is 12.3. The standard InChI is InChI=1S/C26H36Cl2N4O6/c1-6-36-17(3)13-20(25(34)30-22-11-12-32(31-22)16-26(4,5)35)29-15-18(14-23(33)37-7-2)38-21-10-8-9-19(27)24(21)28/h8-12,14,17,20,29,35H,6-7,13,15-16H2,1-5H3,(H,30,31,34)/t17-,20+/m1/s1. The summed E-state index contributed by atoms with van der Waals surface area (Å²) in [6, 6.07) is 5.79. The molecule has 38 heavy (non-hydrogen) atoms. The van der Waals surface area contributed by atoms with E-state index in [1.54, 1.807) is 55.9 Å². The lowest BCUT2D eigenvalue weighted by molar-refractivity contribution is -0.137. The minimum absolute atomic E-state index is 0.00820. The molecule has 2 aromatic rings. The number of rotatable bonds is 15. The van der Waals surface area contributed by atoms with Crippen molar-refractivity contribution in [3.05, 3.63) is 52.3 Å². The summed E-state index contributed by atoms with van der Waals surface area (Å²) in [4.78, 5) is 25.4. The van der Waals surface area contributed by atoms with Gasteiger partial charge in [-0.2, -0.15) is 5.10 Å². The van der Waals surface area contributed by atoms with Crippen LogP contribution in [-0.4, -0.2) is 64.3 Å². The fourth-order valence-electron chi connectivity index (χ4n) is 3.45. The predicted octanol–water partition coefficient (Wildman–Crippen LogP) is 4.20. The molecule has 210 valence electrons. The smallest absolute Gasteiger partial charge is 0.334 e. The molecule has 1 aromatic heterocycles. The van der Waals surface area contributed by atoms with Gasteiger partial charge in [0.25, 0.3) is 0 Å². The monoisotopic (exact) mass is 570 g/mol. The van der Waals surface area contributed by atoms with Crippen molar-refractivity contribution in [2.75, 3.05) is 25.1 Å². The minimum Gasteiger partial charge on any atom is -0.463 e. The molecule has 0 aliphatic carbocycles. The van der Waals surface area contributed by atoms with Gasteiger partial charge in [0.1, 0.15) is 16.5 Å². The van der Waals surface area contributed by atoms with Crippen molar-refractivity contribution < 1.29 is 28.9 Å². The van der Waals surface area contributed by atoms with Crippen LogP contribution in [0.4, 0.5) is 5.82 Å². The molecular formula is C26H36Cl2N4O6. The van der Waals surface area contributed by atoms with E-state index in [9.17, 15) is 14.7 Å². The van der Waals surface area contributed by atoms with E-state index in [4.69, 9.17) is 37.4 Å². The second-order valence-corrected chi connectivity index (χ2v) is 9.94. The minimum atomic E-state index is -0.960. The molecule has 1 heterocycles. The van der Waals surface area contributed by atoms with Gasteiger partial charge in [-0.25, -0.2) is 4.79 Å². The van der Waals surface area contributed by atoms with Gasteiger partial charge in [0.2, 0.25) is 5.91 Å². The van der Waals surface area contributed by atoms with Crippen LogP contribution in [0.3, 0.4) is 0 Å². The molecule has 2 atom stereocenters. The Bertz CT molecular complexity index is 1100. The molecular weight excluding hydrogens is 535 g/mol. The number of hydrogen-bond acceptors (Lipinski definition) is 8. The average Bonchev–Trinajstić information content (AvgIpc) is 3.24. The number of esters is 1. The van der Waals surface area contributed by atoms with Crippen molar-refractivity contribution in [3.63, 3.8) is 0 Å². The zero-order valence-corrected chi connectivity index (χ0v) is 23.8. The summed E-state index contributed by atoms with van der Waals surface area (Å²) in [7, 11) is 0. The lowest BCUT2D eigenvalue weighted by Gasteiger charge is -2.22. The Balaban J connectivity index is 2.21. The summed E-state index contributed by atoms with van der Waals surface area (Å²) < 4.78 is 18.1. The van der Waals surface area contributed by atoms with Crippen LogP contribution >= 0.6 is 23.2 Å². The summed E-state index contributed by atoms with van der Waals surface area (Å²) in [5.41, 5.74) is -0.960. The fourth-order valence-corrected chi connectivity index (χ4v) is 3.78. The van der Waals surface area contributed by atoms with Crippen LogP contribution < -0.4 is 15.4 Å². The Morgan fingerprint density at radius 3 is 2.61 bits per heavy atom. The number of nitrogens with one attached hydrogen (secondary N) is 2. The van der Waals surface area contributed by atoms with Crippen molar-refractivity contribution in [2.24, 2.45) is 0 Å². The first kappa shape index (κ1) is 31.6. The molecule has 10 nitrogen and oxygen atoms in total. The van der Waals surface area contributed by atoms with Crippen molar-refractivity contribution in [2.45, 2.75) is 65.3 Å². The molecule has 0 aliphatic heterocycles. The summed E-state index contributed by atoms with van der Waals surface area (Å²) in [5.74, 6) is -0.217. The molecule has 12 heteroatoms. The Morgan fingerprint density at radius 2 is 1.95 bits per heavy atom. The van der Waals surface area contributed by atoms with Crippen LogP contribution in [0.15, 0.2) is 42.3 Å². The van der Waals surface area contributed by atoms with Crippen LogP contribution in [0, 0.1) is 0 Å². The molecule has 0 bridgehead atoms. The normalized spacial score (nSPS) is 13.6. The maximum absolute atomic E-state index is 13.2. The SMILES string of the molecule is CCOC(=O)C=C(CN[C@@H](C[C@@H](C)OCC)C(=O)Nc1ccn(CC(C)(C)O)n1)Oc1cccc(Cl)c1Cl. The van der Waals surface area contributed by atoms with Crippen LogP contribution in [0.5, 0.6) is 5.75 Å². The van der Waals surface area contributed by atoms with Crippen LogP contribution in [0.1, 0.15) is 41.0 Å². The van der Waals surface area contributed by atoms with Crippen molar-refractivity contribution in [1.29, 1.82) is 0 Å². The van der Waals surface area contributed by atoms with Gasteiger partial charge in [0.15, 0.2) is 5.82 Å². The zero-order valence-electron chi connectivity index (χ0n) is 22.3. The topological polar surface area (TPSA) is 124 Å². The Labute approximate surface area is 233 Å². The molecule has 0 unspecified atom stereocenters. The number of benzene rings is 1. The second kappa shape index (κ2) is 15.1. The van der Waals surface area contributed by atoms with Gasteiger partial charge in [-0.1, -0.05) is 29.3 Å². The van der Waals surface area contributed by atoms with E-state index in [0.29, 0.717) is 23.9 Å². The Morgan fingerprint density at radius 1 is 1.21 bits per heavy atom. The number of nitrogens with zero attached hydrogens (tertiary/aromatic N) is 2. The summed E-state index contributed by atoms with van der Waals surface area (Å²) in [6.07, 6.45) is 2.94. The second-order valence-electron chi connectivity index (χ2n) is 9.15. The third kappa shape index (κ3) is 11.0. The van der Waals surface area contributed by atoms with Gasteiger partial charge >= 0.3 is 5.97 Å². The molecule has 1 amide bonds. The molecule has 0 spiro atoms. The van der Waals surface area contributed by atoms with E-state index in [0.717, 1.165) is 0 Å². The average molecular weight is 572 g/mol. The summed E-state index contributed by atoms with van der Waals surface area (Å²) >= 11 is 12.4. The molecule has 0 aliphatic rings. The third-order valence-corrected chi connectivity index (χ3v) is 5.82. The van der Waals surface area contributed by atoms with Gasteiger partial charge in [0, 0.05) is 18.9 Å². The molecule has 0 saturated carbocycles. The van der Waals surface area contributed by atoms with Crippen molar-refractivity contribution >= 4 is 40.9 Å². The lowest BCUT2D eigenvalue weighted by atomic mass is 10.1. The summed E-state index contributed by atoms with van der Waals surface area (Å²) in [6.45, 7) is 9.69. The number of ether oxygens (including phenoxy) is 3. The Hall–Kier alpha value is -2.63. The highest BCUT2D eigenvalue weighted by Gasteiger charge is 2.24. The fraction of sp³-hybridized carbons (Fsp3) is 0.500. The largest absolute Gasteiger partial charge is 0.463 e. The van der Waals surface area contributed by atoms with Crippen molar-refractivity contribution in [3.8, 4) is 5.75 Å². The number of aliphatic hydroxyl groups is 1. The molecule has 3 N–H and O–H groups in total. The number of carbonyl (C=O) groups excluding carboxylic acids is 2. The highest BCUT2D eigenvalue weighted by atomic mass is 35.5. The van der Waals surface area contributed by atoms with E-state index in [2.05, 4.69) is 15.7 Å². The maximum atomic E-state index is 13.2. The first-order valence-corrected chi connectivity index (χ1v) is 13.1. The van der Waals surface area contributed by atoms with Gasteiger partial charge in [0.05, 0.1) is 48.5 Å². The number of anilines is 1.